The average Bonchev–Trinajstić information content (AvgIpc) is 2.64. The van der Waals surface area contributed by atoms with Crippen LogP contribution in [0.15, 0.2) is 54.7 Å². The molecular weight excluding hydrogens is 329 g/mol. The summed E-state index contributed by atoms with van der Waals surface area (Å²) in [6, 6.07) is 14.6. The van der Waals surface area contributed by atoms with Gasteiger partial charge in [0.1, 0.15) is 23.5 Å². The van der Waals surface area contributed by atoms with E-state index >= 15 is 0 Å². The highest BCUT2D eigenvalue weighted by Crippen LogP contribution is 2.26. The maximum Gasteiger partial charge on any atom is 0.131 e. The van der Waals surface area contributed by atoms with Gasteiger partial charge in [0.25, 0.3) is 0 Å². The monoisotopic (exact) mass is 351 g/mol. The summed E-state index contributed by atoms with van der Waals surface area (Å²) < 4.78 is 19.3. The molecule has 5 heteroatoms. The van der Waals surface area contributed by atoms with Crippen LogP contribution in [0.5, 0.6) is 5.75 Å². The van der Waals surface area contributed by atoms with Gasteiger partial charge in [-0.25, -0.2) is 9.37 Å². The summed E-state index contributed by atoms with van der Waals surface area (Å²) in [6.07, 6.45) is 4.00. The SMILES string of the molecule is Nc1nccc2cc(OC3CCCN(Cc4ccc(F)cc4)C3)ccc12. The molecule has 2 aromatic carbocycles. The number of nitrogens with two attached hydrogens (primary N) is 1. The van der Waals surface area contributed by atoms with E-state index in [2.05, 4.69) is 9.88 Å². The second kappa shape index (κ2) is 7.30. The molecular formula is C21H22FN3O. The number of nitrogen functional groups attached to an aromatic ring is 1. The van der Waals surface area contributed by atoms with E-state index in [1.54, 1.807) is 6.20 Å². The minimum Gasteiger partial charge on any atom is -0.489 e. The van der Waals surface area contributed by atoms with Gasteiger partial charge in [-0.3, -0.25) is 4.90 Å². The number of fused-ring (bicyclic) bond motifs is 1. The van der Waals surface area contributed by atoms with Crippen molar-refractivity contribution < 1.29 is 9.13 Å². The van der Waals surface area contributed by atoms with Crippen molar-refractivity contribution in [2.45, 2.75) is 25.5 Å². The molecule has 0 radical (unpaired) electrons. The Morgan fingerprint density at radius 1 is 1.15 bits per heavy atom. The van der Waals surface area contributed by atoms with Gasteiger partial charge in [0.05, 0.1) is 0 Å². The molecule has 1 aliphatic heterocycles. The molecule has 0 aliphatic carbocycles. The van der Waals surface area contributed by atoms with E-state index in [1.165, 1.54) is 12.1 Å². The number of nitrogens with zero attached hydrogens (tertiary/aromatic N) is 2. The molecule has 0 spiro atoms. The van der Waals surface area contributed by atoms with Gasteiger partial charge in [-0.2, -0.15) is 0 Å². The molecule has 3 aromatic rings. The first-order valence-corrected chi connectivity index (χ1v) is 8.95. The van der Waals surface area contributed by atoms with E-state index in [9.17, 15) is 4.39 Å². The van der Waals surface area contributed by atoms with Gasteiger partial charge in [0.2, 0.25) is 0 Å². The van der Waals surface area contributed by atoms with Crippen LogP contribution < -0.4 is 10.5 Å². The normalized spacial score (nSPS) is 18.1. The second-order valence-corrected chi connectivity index (χ2v) is 6.82. The smallest absolute Gasteiger partial charge is 0.131 e. The third kappa shape index (κ3) is 3.78. The molecule has 1 fully saturated rings. The van der Waals surface area contributed by atoms with Gasteiger partial charge in [0, 0.05) is 24.7 Å². The Labute approximate surface area is 152 Å². The minimum atomic E-state index is -0.194. The highest BCUT2D eigenvalue weighted by atomic mass is 19.1. The number of anilines is 1. The summed E-state index contributed by atoms with van der Waals surface area (Å²) in [5.74, 6) is 1.20. The van der Waals surface area contributed by atoms with Crippen molar-refractivity contribution in [2.24, 2.45) is 0 Å². The van der Waals surface area contributed by atoms with E-state index in [1.807, 2.05) is 36.4 Å². The molecule has 0 amide bonds. The number of hydrogen-bond donors (Lipinski definition) is 1. The Hall–Kier alpha value is -2.66. The van der Waals surface area contributed by atoms with Crippen molar-refractivity contribution in [1.82, 2.24) is 9.88 Å². The second-order valence-electron chi connectivity index (χ2n) is 6.82. The Balaban J connectivity index is 1.42. The van der Waals surface area contributed by atoms with Crippen LogP contribution in [0.2, 0.25) is 0 Å². The largest absolute Gasteiger partial charge is 0.489 e. The minimum absolute atomic E-state index is 0.154. The first kappa shape index (κ1) is 16.8. The van der Waals surface area contributed by atoms with E-state index in [0.717, 1.165) is 54.6 Å². The van der Waals surface area contributed by atoms with Crippen LogP contribution in [0, 0.1) is 5.82 Å². The number of likely N-dealkylation sites (tertiary alicyclic amines) is 1. The third-order valence-corrected chi connectivity index (χ3v) is 4.85. The molecule has 0 bridgehead atoms. The first-order valence-electron chi connectivity index (χ1n) is 8.95. The molecule has 1 unspecified atom stereocenters. The van der Waals surface area contributed by atoms with Crippen molar-refractivity contribution in [3.63, 3.8) is 0 Å². The van der Waals surface area contributed by atoms with Crippen molar-refractivity contribution in [2.75, 3.05) is 18.8 Å². The molecule has 134 valence electrons. The lowest BCUT2D eigenvalue weighted by molar-refractivity contribution is 0.0844. The number of piperidine rings is 1. The number of benzene rings is 2. The van der Waals surface area contributed by atoms with E-state index in [4.69, 9.17) is 10.5 Å². The summed E-state index contributed by atoms with van der Waals surface area (Å²) in [5, 5.41) is 1.98. The summed E-state index contributed by atoms with van der Waals surface area (Å²) in [5.41, 5.74) is 7.03. The number of rotatable bonds is 4. The van der Waals surface area contributed by atoms with Gasteiger partial charge in [-0.1, -0.05) is 12.1 Å². The predicted octanol–water partition coefficient (Wildman–Crippen LogP) is 4.00. The van der Waals surface area contributed by atoms with E-state index < -0.39 is 0 Å². The fourth-order valence-corrected chi connectivity index (χ4v) is 3.55. The highest BCUT2D eigenvalue weighted by molar-refractivity contribution is 5.91. The molecule has 1 saturated heterocycles. The Morgan fingerprint density at radius 2 is 2.00 bits per heavy atom. The summed E-state index contributed by atoms with van der Waals surface area (Å²) in [6.45, 7) is 2.73. The number of hydrogen-bond acceptors (Lipinski definition) is 4. The lowest BCUT2D eigenvalue weighted by Crippen LogP contribution is -2.40. The van der Waals surface area contributed by atoms with Crippen molar-refractivity contribution in [3.8, 4) is 5.75 Å². The van der Waals surface area contributed by atoms with Crippen LogP contribution in [0.1, 0.15) is 18.4 Å². The van der Waals surface area contributed by atoms with Crippen LogP contribution in [0.4, 0.5) is 10.2 Å². The number of pyridine rings is 1. The van der Waals surface area contributed by atoms with Crippen molar-refractivity contribution >= 4 is 16.6 Å². The fraction of sp³-hybridized carbons (Fsp3) is 0.286. The number of ether oxygens (including phenoxy) is 1. The molecule has 4 rings (SSSR count). The zero-order valence-corrected chi connectivity index (χ0v) is 14.6. The quantitative estimate of drug-likeness (QED) is 0.772. The lowest BCUT2D eigenvalue weighted by Gasteiger charge is -2.33. The number of aromatic nitrogens is 1. The molecule has 1 atom stereocenters. The van der Waals surface area contributed by atoms with Crippen LogP contribution in [0.25, 0.3) is 10.8 Å². The van der Waals surface area contributed by atoms with Crippen molar-refractivity contribution in [1.29, 1.82) is 0 Å². The van der Waals surface area contributed by atoms with Gasteiger partial charge in [-0.15, -0.1) is 0 Å². The van der Waals surface area contributed by atoms with Gasteiger partial charge >= 0.3 is 0 Å². The van der Waals surface area contributed by atoms with Gasteiger partial charge in [0.15, 0.2) is 0 Å². The molecule has 2 N–H and O–H groups in total. The van der Waals surface area contributed by atoms with Gasteiger partial charge in [-0.05, 0) is 66.7 Å². The van der Waals surface area contributed by atoms with Crippen molar-refractivity contribution in [3.05, 3.63) is 66.1 Å². The summed E-state index contributed by atoms with van der Waals surface area (Å²) in [4.78, 5) is 6.48. The Morgan fingerprint density at radius 3 is 2.85 bits per heavy atom. The third-order valence-electron chi connectivity index (χ3n) is 4.85. The average molecular weight is 351 g/mol. The highest BCUT2D eigenvalue weighted by Gasteiger charge is 2.21. The van der Waals surface area contributed by atoms with E-state index in [0.29, 0.717) is 5.82 Å². The van der Waals surface area contributed by atoms with Gasteiger partial charge < -0.3 is 10.5 Å². The molecule has 2 heterocycles. The fourth-order valence-electron chi connectivity index (χ4n) is 3.55. The maximum atomic E-state index is 13.1. The zero-order valence-electron chi connectivity index (χ0n) is 14.6. The Bertz CT molecular complexity index is 897. The predicted molar refractivity (Wildman–Crippen MR) is 101 cm³/mol. The maximum absolute atomic E-state index is 13.1. The van der Waals surface area contributed by atoms with Crippen LogP contribution in [-0.2, 0) is 6.54 Å². The summed E-state index contributed by atoms with van der Waals surface area (Å²) >= 11 is 0. The van der Waals surface area contributed by atoms with Crippen LogP contribution in [0.3, 0.4) is 0 Å². The molecule has 4 nitrogen and oxygen atoms in total. The molecule has 1 aromatic heterocycles. The zero-order chi connectivity index (χ0) is 17.9. The summed E-state index contributed by atoms with van der Waals surface area (Å²) in [7, 11) is 0. The van der Waals surface area contributed by atoms with Crippen LogP contribution in [-0.4, -0.2) is 29.1 Å². The topological polar surface area (TPSA) is 51.4 Å². The molecule has 26 heavy (non-hydrogen) atoms. The van der Waals surface area contributed by atoms with Crippen LogP contribution >= 0.6 is 0 Å². The molecule has 1 aliphatic rings. The first-order chi connectivity index (χ1) is 12.7. The molecule has 0 saturated carbocycles. The number of halogens is 1. The van der Waals surface area contributed by atoms with E-state index in [-0.39, 0.29) is 11.9 Å². The lowest BCUT2D eigenvalue weighted by atomic mass is 10.1. The Kier molecular flexibility index (Phi) is 4.71. The standard InChI is InChI=1S/C21H22FN3O/c22-17-5-3-15(4-6-17)13-25-11-1-2-19(14-25)26-18-7-8-20-16(12-18)9-10-24-21(20)23/h3-10,12,19H,1-2,11,13-14H2,(H2,23,24).